The second-order valence-corrected chi connectivity index (χ2v) is 13.6. The third-order valence-corrected chi connectivity index (χ3v) is 10.9. The van der Waals surface area contributed by atoms with E-state index in [4.69, 9.17) is 11.6 Å². The number of hydrogen-bond donors (Lipinski definition) is 1. The van der Waals surface area contributed by atoms with Crippen molar-refractivity contribution in [1.29, 1.82) is 0 Å². The smallest absolute Gasteiger partial charge is 0.335 e. The van der Waals surface area contributed by atoms with Crippen molar-refractivity contribution in [3.8, 4) is 11.3 Å². The molecular formula is C36H48ClN3O2. The molecule has 2 aliphatic carbocycles. The third-order valence-electron chi connectivity index (χ3n) is 10.7. The minimum absolute atomic E-state index is 0. The van der Waals surface area contributed by atoms with Gasteiger partial charge in [-0.1, -0.05) is 57.2 Å². The average Bonchev–Trinajstić information content (AvgIpc) is 3.61. The molecule has 0 radical (unpaired) electrons. The number of fused-ring (bicyclic) bond motifs is 5. The van der Waals surface area contributed by atoms with E-state index in [0.29, 0.717) is 11.5 Å². The van der Waals surface area contributed by atoms with Crippen LogP contribution in [0.4, 0.5) is 5.69 Å². The van der Waals surface area contributed by atoms with E-state index in [1.54, 1.807) is 6.07 Å². The van der Waals surface area contributed by atoms with E-state index in [1.807, 2.05) is 12.1 Å². The third kappa shape index (κ3) is 5.59. The fourth-order valence-corrected chi connectivity index (χ4v) is 8.82. The van der Waals surface area contributed by atoms with Gasteiger partial charge in [0.05, 0.1) is 11.3 Å². The summed E-state index contributed by atoms with van der Waals surface area (Å²) in [6, 6.07) is 13.1. The Labute approximate surface area is 256 Å². The number of aromatic nitrogens is 1. The molecule has 5 nitrogen and oxygen atoms in total. The van der Waals surface area contributed by atoms with Gasteiger partial charge in [0, 0.05) is 59.4 Å². The van der Waals surface area contributed by atoms with Gasteiger partial charge in [-0.25, -0.2) is 4.79 Å². The van der Waals surface area contributed by atoms with Gasteiger partial charge in [0.15, 0.2) is 0 Å². The van der Waals surface area contributed by atoms with Crippen molar-refractivity contribution in [3.05, 3.63) is 52.5 Å². The van der Waals surface area contributed by atoms with Gasteiger partial charge < -0.3 is 19.5 Å². The van der Waals surface area contributed by atoms with E-state index in [0.717, 1.165) is 42.1 Å². The number of likely N-dealkylation sites (tertiary alicyclic amines) is 1. The summed E-state index contributed by atoms with van der Waals surface area (Å²) in [5.74, 6) is 0.409. The molecule has 6 heteroatoms. The summed E-state index contributed by atoms with van der Waals surface area (Å²) in [5, 5.41) is 11.9. The number of aromatic carboxylic acids is 1. The molecule has 7 rings (SSSR count). The predicted molar refractivity (Wildman–Crippen MR) is 175 cm³/mol. The Morgan fingerprint density at radius 2 is 1.67 bits per heavy atom. The Kier molecular flexibility index (Phi) is 8.88. The van der Waals surface area contributed by atoms with E-state index >= 15 is 0 Å². The van der Waals surface area contributed by atoms with Crippen LogP contribution in [-0.2, 0) is 6.54 Å². The first-order valence-corrected chi connectivity index (χ1v) is 16.6. The number of carbonyl (C=O) groups is 1. The van der Waals surface area contributed by atoms with Crippen LogP contribution in [0.25, 0.3) is 22.2 Å². The van der Waals surface area contributed by atoms with Crippen molar-refractivity contribution in [2.24, 2.45) is 5.92 Å². The molecule has 0 unspecified atom stereocenters. The highest BCUT2D eigenvalue weighted by molar-refractivity contribution is 6.31. The zero-order chi connectivity index (χ0) is 27.9. The summed E-state index contributed by atoms with van der Waals surface area (Å²) in [4.78, 5) is 17.4. The van der Waals surface area contributed by atoms with Crippen LogP contribution in [0.2, 0.25) is 5.02 Å². The normalized spacial score (nSPS) is 22.0. The lowest BCUT2D eigenvalue weighted by Crippen LogP contribution is -2.42. The maximum atomic E-state index is 12.0. The summed E-state index contributed by atoms with van der Waals surface area (Å²) in [6.45, 7) is 5.35. The first-order valence-electron chi connectivity index (χ1n) is 16.2. The zero-order valence-electron chi connectivity index (χ0n) is 24.3. The van der Waals surface area contributed by atoms with Crippen molar-refractivity contribution in [3.63, 3.8) is 0 Å². The number of anilines is 1. The Balaban J connectivity index is 0.00000316. The van der Waals surface area contributed by atoms with Crippen LogP contribution in [0.3, 0.4) is 0 Å². The van der Waals surface area contributed by atoms with Gasteiger partial charge in [0.1, 0.15) is 0 Å². The molecule has 0 spiro atoms. The van der Waals surface area contributed by atoms with Gasteiger partial charge in [-0.15, -0.1) is 0 Å². The molecule has 3 fully saturated rings. The number of hydrogen-bond acceptors (Lipinski definition) is 3. The quantitative estimate of drug-likeness (QED) is 0.311. The van der Waals surface area contributed by atoms with Crippen LogP contribution >= 0.6 is 11.6 Å². The Bertz CT molecular complexity index is 1420. The van der Waals surface area contributed by atoms with Crippen LogP contribution in [0, 0.1) is 5.92 Å². The van der Waals surface area contributed by atoms with Crippen molar-refractivity contribution in [2.75, 3.05) is 31.1 Å². The fraction of sp³-hybridized carbons (Fsp3) is 0.583. The van der Waals surface area contributed by atoms with Crippen LogP contribution in [0.1, 0.15) is 106 Å². The monoisotopic (exact) mass is 589 g/mol. The van der Waals surface area contributed by atoms with Crippen LogP contribution < -0.4 is 4.90 Å². The number of halogens is 1. The largest absolute Gasteiger partial charge is 0.478 e. The number of nitrogens with zero attached hydrogens (tertiary/aromatic N) is 3. The summed E-state index contributed by atoms with van der Waals surface area (Å²) < 4.78 is 2.45. The lowest BCUT2D eigenvalue weighted by Gasteiger charge is -2.37. The molecule has 0 amide bonds. The molecule has 42 heavy (non-hydrogen) atoms. The molecule has 3 heterocycles. The molecule has 2 saturated carbocycles. The molecular weight excluding hydrogens is 542 g/mol. The van der Waals surface area contributed by atoms with Gasteiger partial charge in [-0.2, -0.15) is 0 Å². The second-order valence-electron chi connectivity index (χ2n) is 13.2. The number of benzene rings is 2. The molecule has 3 aromatic rings. The number of rotatable bonds is 6. The molecule has 2 aliphatic heterocycles. The first-order chi connectivity index (χ1) is 20.1. The molecule has 1 aromatic heterocycles. The molecule has 0 bridgehead atoms. The lowest BCUT2D eigenvalue weighted by molar-refractivity contribution is 0.0697. The minimum Gasteiger partial charge on any atom is -0.478 e. The highest BCUT2D eigenvalue weighted by Gasteiger charge is 2.32. The van der Waals surface area contributed by atoms with Gasteiger partial charge >= 0.3 is 5.97 Å². The Morgan fingerprint density at radius 1 is 0.881 bits per heavy atom. The van der Waals surface area contributed by atoms with Crippen LogP contribution in [0.5, 0.6) is 0 Å². The molecule has 1 saturated heterocycles. The van der Waals surface area contributed by atoms with Gasteiger partial charge in [0.25, 0.3) is 0 Å². The van der Waals surface area contributed by atoms with Crippen LogP contribution in [0.15, 0.2) is 36.4 Å². The number of carboxylic acid groups (broad SMARTS) is 1. The summed E-state index contributed by atoms with van der Waals surface area (Å²) in [5.41, 5.74) is 6.68. The van der Waals surface area contributed by atoms with Crippen molar-refractivity contribution < 1.29 is 9.90 Å². The first kappa shape index (κ1) is 29.6. The Morgan fingerprint density at radius 3 is 2.45 bits per heavy atom. The highest BCUT2D eigenvalue weighted by Crippen LogP contribution is 2.48. The van der Waals surface area contributed by atoms with Crippen molar-refractivity contribution in [2.45, 2.75) is 103 Å². The highest BCUT2D eigenvalue weighted by atomic mass is 35.5. The molecule has 4 aliphatic rings. The SMILES string of the molecule is C.O=C(O)c1ccc2c(C3CCCCC3)c3n(c2c1)CCN(CC[C@H]1CCCN(C2CCCC2)C1)c1cc(Cl)ccc1-3. The summed E-state index contributed by atoms with van der Waals surface area (Å²) >= 11 is 6.68. The van der Waals surface area contributed by atoms with E-state index in [1.165, 1.54) is 118 Å². The average molecular weight is 590 g/mol. The van der Waals surface area contributed by atoms with E-state index < -0.39 is 5.97 Å². The van der Waals surface area contributed by atoms with E-state index in [2.05, 4.69) is 32.6 Å². The number of piperidine rings is 1. The predicted octanol–water partition coefficient (Wildman–Crippen LogP) is 9.21. The maximum absolute atomic E-state index is 12.0. The van der Waals surface area contributed by atoms with Crippen molar-refractivity contribution in [1.82, 2.24) is 9.47 Å². The topological polar surface area (TPSA) is 48.7 Å². The number of carboxylic acids is 1. The minimum atomic E-state index is -0.858. The summed E-state index contributed by atoms with van der Waals surface area (Å²) in [7, 11) is 0. The van der Waals surface area contributed by atoms with Gasteiger partial charge in [-0.3, -0.25) is 0 Å². The van der Waals surface area contributed by atoms with Crippen molar-refractivity contribution >= 4 is 34.2 Å². The lowest BCUT2D eigenvalue weighted by atomic mass is 9.81. The molecule has 226 valence electrons. The Hall–Kier alpha value is -2.50. The van der Waals surface area contributed by atoms with Gasteiger partial charge in [-0.05, 0) is 99.2 Å². The zero-order valence-corrected chi connectivity index (χ0v) is 25.0. The molecule has 1 N–H and O–H groups in total. The van der Waals surface area contributed by atoms with Crippen LogP contribution in [-0.4, -0.2) is 52.8 Å². The van der Waals surface area contributed by atoms with E-state index in [-0.39, 0.29) is 7.43 Å². The molecule has 1 atom stereocenters. The fourth-order valence-electron chi connectivity index (χ4n) is 8.65. The summed E-state index contributed by atoms with van der Waals surface area (Å²) in [6.07, 6.45) is 15.7. The standard InChI is InChI=1S/C35H44ClN3O2.CH4/c36-27-13-15-30-31(22-27)37(18-16-24-7-6-17-38(23-24)28-10-4-5-11-28)19-20-39-32-21-26(35(40)41)12-14-29(32)33(34(30)39)25-8-2-1-3-9-25;/h12-15,21-22,24-25,28H,1-11,16-20,23H2,(H,40,41);1H4/t24-;/m1./s1. The molecule has 2 aromatic carbocycles. The van der Waals surface area contributed by atoms with Gasteiger partial charge in [0.2, 0.25) is 0 Å². The second kappa shape index (κ2) is 12.6. The maximum Gasteiger partial charge on any atom is 0.335 e. The van der Waals surface area contributed by atoms with E-state index in [9.17, 15) is 9.90 Å².